The third kappa shape index (κ3) is 0.477. The molecular formula is C6H10N2O. The molecule has 3 heteroatoms. The molecule has 0 atom stereocenters. The molecule has 2 aliphatic rings. The largest absolute Gasteiger partial charge is 0.354 e. The summed E-state index contributed by atoms with van der Waals surface area (Å²) in [5, 5.41) is 2.73. The van der Waals surface area contributed by atoms with Crippen molar-refractivity contribution in [3.05, 3.63) is 0 Å². The summed E-state index contributed by atoms with van der Waals surface area (Å²) in [6, 6.07) is 0.288. The third-order valence-corrected chi connectivity index (χ3v) is 2.37. The van der Waals surface area contributed by atoms with Gasteiger partial charge in [-0.2, -0.15) is 0 Å². The molecule has 0 aromatic rings. The lowest BCUT2D eigenvalue weighted by molar-refractivity contribution is -0.148. The van der Waals surface area contributed by atoms with E-state index in [-0.39, 0.29) is 17.4 Å². The molecule has 0 bridgehead atoms. The van der Waals surface area contributed by atoms with Crippen LogP contribution < -0.4 is 11.1 Å². The highest BCUT2D eigenvalue weighted by atomic mass is 16.2. The molecule has 0 radical (unpaired) electrons. The number of carbonyl (C=O) groups excluding carboxylic acids is 1. The molecule has 1 spiro atoms. The zero-order chi connectivity index (χ0) is 6.48. The van der Waals surface area contributed by atoms with Crippen LogP contribution in [-0.4, -0.2) is 18.5 Å². The minimum atomic E-state index is -0.000579. The molecule has 0 unspecified atom stereocenters. The maximum Gasteiger partial charge on any atom is 0.228 e. The van der Waals surface area contributed by atoms with Crippen molar-refractivity contribution in [1.29, 1.82) is 0 Å². The number of rotatable bonds is 0. The molecule has 1 aliphatic carbocycles. The number of hydrogen-bond donors (Lipinski definition) is 2. The van der Waals surface area contributed by atoms with Gasteiger partial charge in [-0.1, -0.05) is 0 Å². The zero-order valence-corrected chi connectivity index (χ0v) is 5.18. The topological polar surface area (TPSA) is 55.1 Å². The molecule has 3 nitrogen and oxygen atoms in total. The number of hydrogen-bond acceptors (Lipinski definition) is 2. The lowest BCUT2D eigenvalue weighted by Crippen LogP contribution is -2.67. The molecule has 3 N–H and O–H groups in total. The minimum absolute atomic E-state index is 0.000579. The summed E-state index contributed by atoms with van der Waals surface area (Å²) in [7, 11) is 0. The van der Waals surface area contributed by atoms with Crippen molar-refractivity contribution in [3.63, 3.8) is 0 Å². The van der Waals surface area contributed by atoms with Crippen LogP contribution in [0.1, 0.15) is 12.8 Å². The first-order chi connectivity index (χ1) is 4.23. The standard InChI is InChI=1S/C6H10N2O/c7-4-1-6(2-4)3-8-5(6)9/h4H,1-3,7H2,(H,8,9). The highest BCUT2D eigenvalue weighted by molar-refractivity contribution is 5.89. The van der Waals surface area contributed by atoms with E-state index in [1.165, 1.54) is 0 Å². The fourth-order valence-corrected chi connectivity index (χ4v) is 1.68. The van der Waals surface area contributed by atoms with E-state index < -0.39 is 0 Å². The Balaban J connectivity index is 2.05. The average molecular weight is 126 g/mol. The fraction of sp³-hybridized carbons (Fsp3) is 0.833. The van der Waals surface area contributed by atoms with Crippen molar-refractivity contribution in [2.24, 2.45) is 11.1 Å². The smallest absolute Gasteiger partial charge is 0.228 e. The van der Waals surface area contributed by atoms with Crippen LogP contribution in [0, 0.1) is 5.41 Å². The minimum Gasteiger partial charge on any atom is -0.354 e. The van der Waals surface area contributed by atoms with E-state index in [1.807, 2.05) is 0 Å². The Bertz CT molecular complexity index is 160. The molecule has 2 rings (SSSR count). The van der Waals surface area contributed by atoms with Crippen molar-refractivity contribution >= 4 is 5.91 Å². The predicted molar refractivity (Wildman–Crippen MR) is 32.7 cm³/mol. The second-order valence-electron chi connectivity index (χ2n) is 3.13. The van der Waals surface area contributed by atoms with Gasteiger partial charge in [0.25, 0.3) is 0 Å². The summed E-state index contributed by atoms with van der Waals surface area (Å²) in [6.07, 6.45) is 1.80. The highest BCUT2D eigenvalue weighted by Crippen LogP contribution is 2.43. The monoisotopic (exact) mass is 126 g/mol. The molecule has 1 aliphatic heterocycles. The van der Waals surface area contributed by atoms with Gasteiger partial charge < -0.3 is 11.1 Å². The van der Waals surface area contributed by atoms with Crippen LogP contribution in [0.4, 0.5) is 0 Å². The summed E-state index contributed by atoms with van der Waals surface area (Å²) in [6.45, 7) is 0.861. The van der Waals surface area contributed by atoms with Crippen molar-refractivity contribution < 1.29 is 4.79 Å². The zero-order valence-electron chi connectivity index (χ0n) is 5.18. The van der Waals surface area contributed by atoms with E-state index >= 15 is 0 Å². The van der Waals surface area contributed by atoms with Crippen LogP contribution >= 0.6 is 0 Å². The second kappa shape index (κ2) is 1.29. The van der Waals surface area contributed by atoms with Crippen molar-refractivity contribution in [2.75, 3.05) is 6.54 Å². The van der Waals surface area contributed by atoms with Gasteiger partial charge in [-0.15, -0.1) is 0 Å². The van der Waals surface area contributed by atoms with Gasteiger partial charge in [0.15, 0.2) is 0 Å². The Morgan fingerprint density at radius 2 is 2.33 bits per heavy atom. The SMILES string of the molecule is NC1CC2(CNC2=O)C1. The second-order valence-corrected chi connectivity index (χ2v) is 3.13. The first-order valence-electron chi connectivity index (χ1n) is 3.27. The van der Waals surface area contributed by atoms with Crippen molar-refractivity contribution in [2.45, 2.75) is 18.9 Å². The van der Waals surface area contributed by atoms with Gasteiger partial charge in [0.2, 0.25) is 5.91 Å². The van der Waals surface area contributed by atoms with Gasteiger partial charge >= 0.3 is 0 Å². The van der Waals surface area contributed by atoms with E-state index in [4.69, 9.17) is 5.73 Å². The Labute approximate surface area is 53.6 Å². The van der Waals surface area contributed by atoms with Crippen LogP contribution in [0.3, 0.4) is 0 Å². The van der Waals surface area contributed by atoms with Gasteiger partial charge in [-0.05, 0) is 12.8 Å². The van der Waals surface area contributed by atoms with Gasteiger partial charge in [-0.3, -0.25) is 4.79 Å². The van der Waals surface area contributed by atoms with E-state index in [0.717, 1.165) is 19.4 Å². The van der Waals surface area contributed by atoms with E-state index in [0.29, 0.717) is 0 Å². The molecule has 0 aromatic heterocycles. The van der Waals surface area contributed by atoms with Gasteiger partial charge in [0, 0.05) is 12.6 Å². The summed E-state index contributed by atoms with van der Waals surface area (Å²) in [5.41, 5.74) is 5.55. The highest BCUT2D eigenvalue weighted by Gasteiger charge is 2.54. The molecule has 9 heavy (non-hydrogen) atoms. The number of nitrogens with two attached hydrogens (primary N) is 1. The van der Waals surface area contributed by atoms with Crippen LogP contribution in [0.5, 0.6) is 0 Å². The quantitative estimate of drug-likeness (QED) is 0.418. The maximum absolute atomic E-state index is 10.8. The molecule has 2 fully saturated rings. The fourth-order valence-electron chi connectivity index (χ4n) is 1.68. The normalized spacial score (nSPS) is 47.7. The summed E-state index contributed by atoms with van der Waals surface area (Å²) >= 11 is 0. The van der Waals surface area contributed by atoms with E-state index in [1.54, 1.807) is 0 Å². The average Bonchev–Trinajstić information content (AvgIpc) is 1.77. The number of carbonyl (C=O) groups is 1. The predicted octanol–water partition coefficient (Wildman–Crippen LogP) is -0.776. The lowest BCUT2D eigenvalue weighted by atomic mass is 9.61. The molecular weight excluding hydrogens is 116 g/mol. The Kier molecular flexibility index (Phi) is 0.750. The van der Waals surface area contributed by atoms with Crippen LogP contribution in [-0.2, 0) is 4.79 Å². The lowest BCUT2D eigenvalue weighted by Gasteiger charge is -2.51. The number of β-lactam (4-membered cyclic amide) rings is 1. The summed E-state index contributed by atoms with van der Waals surface area (Å²) in [4.78, 5) is 10.8. The van der Waals surface area contributed by atoms with Gasteiger partial charge in [-0.25, -0.2) is 0 Å². The van der Waals surface area contributed by atoms with Gasteiger partial charge in [0.05, 0.1) is 5.41 Å². The molecule has 50 valence electrons. The molecule has 1 saturated carbocycles. The molecule has 1 amide bonds. The molecule has 1 heterocycles. The first kappa shape index (κ1) is 5.23. The summed E-state index contributed by atoms with van der Waals surface area (Å²) < 4.78 is 0. The number of nitrogens with one attached hydrogen (secondary N) is 1. The van der Waals surface area contributed by atoms with Crippen molar-refractivity contribution in [1.82, 2.24) is 5.32 Å². The summed E-state index contributed by atoms with van der Waals surface area (Å²) in [5.74, 6) is 0.212. The molecule has 1 saturated heterocycles. The maximum atomic E-state index is 10.8. The third-order valence-electron chi connectivity index (χ3n) is 2.37. The first-order valence-corrected chi connectivity index (χ1v) is 3.27. The van der Waals surface area contributed by atoms with Crippen LogP contribution in [0.2, 0.25) is 0 Å². The van der Waals surface area contributed by atoms with Crippen molar-refractivity contribution in [3.8, 4) is 0 Å². The van der Waals surface area contributed by atoms with Gasteiger partial charge in [0.1, 0.15) is 0 Å². The van der Waals surface area contributed by atoms with Crippen LogP contribution in [0.25, 0.3) is 0 Å². The molecule has 0 aromatic carbocycles. The van der Waals surface area contributed by atoms with E-state index in [2.05, 4.69) is 5.32 Å². The number of amides is 1. The Hall–Kier alpha value is -0.570. The Morgan fingerprint density at radius 1 is 1.67 bits per heavy atom. The Morgan fingerprint density at radius 3 is 2.44 bits per heavy atom. The van der Waals surface area contributed by atoms with E-state index in [9.17, 15) is 4.79 Å². The van der Waals surface area contributed by atoms with Crippen LogP contribution in [0.15, 0.2) is 0 Å².